The SMILES string of the molecule is Clc1ccccc1C1N=C2C=CCC3CC=CC(=N1)C23. The summed E-state index contributed by atoms with van der Waals surface area (Å²) in [5.74, 6) is 1.03. The fraction of sp³-hybridized carbons (Fsp3) is 0.294. The number of allylic oxidation sites excluding steroid dienone is 4. The molecule has 0 fully saturated rings. The summed E-state index contributed by atoms with van der Waals surface area (Å²) in [7, 11) is 0. The van der Waals surface area contributed by atoms with Crippen molar-refractivity contribution < 1.29 is 0 Å². The summed E-state index contributed by atoms with van der Waals surface area (Å²) in [5.41, 5.74) is 3.32. The lowest BCUT2D eigenvalue weighted by Gasteiger charge is -2.35. The van der Waals surface area contributed by atoms with Crippen molar-refractivity contribution in [2.75, 3.05) is 0 Å². The number of aliphatic imine (C=N–C) groups is 2. The van der Waals surface area contributed by atoms with Gasteiger partial charge in [-0.05, 0) is 37.0 Å². The van der Waals surface area contributed by atoms with Gasteiger partial charge < -0.3 is 0 Å². The van der Waals surface area contributed by atoms with E-state index in [1.165, 1.54) is 11.4 Å². The number of nitrogens with zero attached hydrogens (tertiary/aromatic N) is 2. The van der Waals surface area contributed by atoms with Crippen molar-refractivity contribution in [3.8, 4) is 0 Å². The predicted octanol–water partition coefficient (Wildman–Crippen LogP) is 4.39. The van der Waals surface area contributed by atoms with Crippen molar-refractivity contribution in [3.05, 3.63) is 59.2 Å². The minimum Gasteiger partial charge on any atom is -0.258 e. The van der Waals surface area contributed by atoms with Gasteiger partial charge in [0, 0.05) is 27.9 Å². The van der Waals surface area contributed by atoms with Crippen LogP contribution in [0, 0.1) is 11.8 Å². The Hall–Kier alpha value is -1.67. The summed E-state index contributed by atoms with van der Waals surface area (Å²) in [6, 6.07) is 7.84. The van der Waals surface area contributed by atoms with Crippen LogP contribution in [0.3, 0.4) is 0 Å². The lowest BCUT2D eigenvalue weighted by Crippen LogP contribution is -2.36. The first kappa shape index (κ1) is 12.1. The van der Waals surface area contributed by atoms with Gasteiger partial charge in [-0.15, -0.1) is 0 Å². The van der Waals surface area contributed by atoms with Gasteiger partial charge in [-0.2, -0.15) is 0 Å². The summed E-state index contributed by atoms with van der Waals surface area (Å²) < 4.78 is 0. The second-order valence-corrected chi connectivity index (χ2v) is 5.92. The molecule has 20 heavy (non-hydrogen) atoms. The third kappa shape index (κ3) is 1.87. The van der Waals surface area contributed by atoms with Gasteiger partial charge in [0.05, 0.1) is 0 Å². The first-order valence-electron chi connectivity index (χ1n) is 7.06. The van der Waals surface area contributed by atoms with Gasteiger partial charge in [0.2, 0.25) is 0 Å². The molecule has 0 saturated heterocycles. The number of halogens is 1. The average Bonchev–Trinajstić information content (AvgIpc) is 2.48. The Morgan fingerprint density at radius 2 is 1.60 bits per heavy atom. The molecule has 0 N–H and O–H groups in total. The van der Waals surface area contributed by atoms with Crippen LogP contribution in [0.15, 0.2) is 58.6 Å². The first-order chi connectivity index (χ1) is 9.83. The zero-order valence-electron chi connectivity index (χ0n) is 11.0. The Morgan fingerprint density at radius 1 is 0.950 bits per heavy atom. The van der Waals surface area contributed by atoms with Crippen molar-refractivity contribution in [2.24, 2.45) is 21.8 Å². The predicted molar refractivity (Wildman–Crippen MR) is 83.6 cm³/mol. The van der Waals surface area contributed by atoms with E-state index in [0.29, 0.717) is 11.8 Å². The number of rotatable bonds is 1. The topological polar surface area (TPSA) is 24.7 Å². The highest BCUT2D eigenvalue weighted by atomic mass is 35.5. The van der Waals surface area contributed by atoms with Crippen LogP contribution in [0.1, 0.15) is 24.6 Å². The Bertz CT molecular complexity index is 635. The van der Waals surface area contributed by atoms with Gasteiger partial charge in [0.15, 0.2) is 6.17 Å². The molecule has 3 heteroatoms. The van der Waals surface area contributed by atoms with Crippen molar-refractivity contribution in [3.63, 3.8) is 0 Å². The molecular weight excluding hydrogens is 268 g/mol. The Morgan fingerprint density at radius 3 is 2.25 bits per heavy atom. The van der Waals surface area contributed by atoms with Crippen LogP contribution in [0.2, 0.25) is 5.02 Å². The summed E-state index contributed by atoms with van der Waals surface area (Å²) >= 11 is 6.29. The van der Waals surface area contributed by atoms with Gasteiger partial charge in [-0.25, -0.2) is 0 Å². The van der Waals surface area contributed by atoms with E-state index in [4.69, 9.17) is 21.6 Å². The lowest BCUT2D eigenvalue weighted by atomic mass is 9.73. The van der Waals surface area contributed by atoms with Crippen LogP contribution < -0.4 is 0 Å². The molecule has 1 aromatic rings. The fourth-order valence-corrected chi connectivity index (χ4v) is 3.55. The van der Waals surface area contributed by atoms with Gasteiger partial charge in [-0.1, -0.05) is 42.0 Å². The van der Waals surface area contributed by atoms with E-state index in [1.54, 1.807) is 0 Å². The molecule has 4 rings (SSSR count). The van der Waals surface area contributed by atoms with Crippen LogP contribution in [0.25, 0.3) is 0 Å². The molecule has 2 aliphatic carbocycles. The highest BCUT2D eigenvalue weighted by molar-refractivity contribution is 6.31. The molecule has 100 valence electrons. The standard InChI is InChI=1S/C17H15ClN2/c18-13-8-2-1-7-12(13)17-19-14-9-3-5-11-6-4-10-15(20-17)16(11)14/h1-4,7-11,16-17H,5-6H2. The maximum atomic E-state index is 6.29. The normalized spacial score (nSPS) is 30.6. The zero-order chi connectivity index (χ0) is 13.5. The second-order valence-electron chi connectivity index (χ2n) is 5.52. The summed E-state index contributed by atoms with van der Waals surface area (Å²) in [4.78, 5) is 9.68. The quantitative estimate of drug-likeness (QED) is 0.730. The molecule has 1 heterocycles. The monoisotopic (exact) mass is 282 g/mol. The van der Waals surface area contributed by atoms with Crippen molar-refractivity contribution in [1.29, 1.82) is 0 Å². The molecular formula is C17H15ClN2. The molecule has 1 aromatic carbocycles. The van der Waals surface area contributed by atoms with Crippen LogP contribution in [-0.2, 0) is 0 Å². The molecule has 0 bridgehead atoms. The Kier molecular flexibility index (Phi) is 2.85. The molecule has 0 radical (unpaired) electrons. The van der Waals surface area contributed by atoms with Crippen molar-refractivity contribution in [2.45, 2.75) is 19.0 Å². The van der Waals surface area contributed by atoms with Crippen LogP contribution in [0.4, 0.5) is 0 Å². The number of hydrogen-bond acceptors (Lipinski definition) is 2. The largest absolute Gasteiger partial charge is 0.258 e. The van der Waals surface area contributed by atoms with E-state index in [9.17, 15) is 0 Å². The van der Waals surface area contributed by atoms with Crippen molar-refractivity contribution in [1.82, 2.24) is 0 Å². The van der Waals surface area contributed by atoms with E-state index in [0.717, 1.165) is 23.4 Å². The van der Waals surface area contributed by atoms with Crippen LogP contribution in [0.5, 0.6) is 0 Å². The highest BCUT2D eigenvalue weighted by Gasteiger charge is 2.35. The molecule has 2 nitrogen and oxygen atoms in total. The molecule has 0 saturated carbocycles. The summed E-state index contributed by atoms with van der Waals surface area (Å²) in [6.07, 6.45) is 10.9. The van der Waals surface area contributed by atoms with Crippen LogP contribution in [-0.4, -0.2) is 11.4 Å². The van der Waals surface area contributed by atoms with E-state index in [2.05, 4.69) is 24.3 Å². The summed E-state index contributed by atoms with van der Waals surface area (Å²) in [6.45, 7) is 0. The number of hydrogen-bond donors (Lipinski definition) is 0. The maximum Gasteiger partial charge on any atom is 0.167 e. The smallest absolute Gasteiger partial charge is 0.167 e. The minimum atomic E-state index is -0.198. The minimum absolute atomic E-state index is 0.198. The lowest BCUT2D eigenvalue weighted by molar-refractivity contribution is 0.480. The first-order valence-corrected chi connectivity index (χ1v) is 7.43. The Balaban J connectivity index is 1.82. The average molecular weight is 283 g/mol. The van der Waals surface area contributed by atoms with Crippen LogP contribution >= 0.6 is 11.6 Å². The third-order valence-electron chi connectivity index (χ3n) is 4.29. The molecule has 0 amide bonds. The Labute approximate surface area is 123 Å². The molecule has 0 spiro atoms. The highest BCUT2D eigenvalue weighted by Crippen LogP contribution is 2.38. The number of benzene rings is 1. The second kappa shape index (κ2) is 4.71. The van der Waals surface area contributed by atoms with Gasteiger partial charge in [-0.3, -0.25) is 9.98 Å². The third-order valence-corrected chi connectivity index (χ3v) is 4.63. The molecule has 0 atom stereocenters. The van der Waals surface area contributed by atoms with Gasteiger partial charge >= 0.3 is 0 Å². The van der Waals surface area contributed by atoms with E-state index in [-0.39, 0.29) is 6.17 Å². The fourth-order valence-electron chi connectivity index (χ4n) is 3.32. The van der Waals surface area contributed by atoms with E-state index >= 15 is 0 Å². The molecule has 3 aliphatic rings. The van der Waals surface area contributed by atoms with E-state index < -0.39 is 0 Å². The molecule has 0 unspecified atom stereocenters. The van der Waals surface area contributed by atoms with Gasteiger partial charge in [0.25, 0.3) is 0 Å². The maximum absolute atomic E-state index is 6.29. The summed E-state index contributed by atoms with van der Waals surface area (Å²) in [5, 5.41) is 0.737. The van der Waals surface area contributed by atoms with E-state index in [1.807, 2.05) is 24.3 Å². The molecule has 1 aliphatic heterocycles. The van der Waals surface area contributed by atoms with Crippen molar-refractivity contribution >= 4 is 23.0 Å². The van der Waals surface area contributed by atoms with Gasteiger partial charge in [0.1, 0.15) is 0 Å². The zero-order valence-corrected chi connectivity index (χ0v) is 11.8. The molecule has 0 aromatic heterocycles.